The van der Waals surface area contributed by atoms with Gasteiger partial charge in [0.05, 0.1) is 0 Å². The Morgan fingerprint density at radius 1 is 1.43 bits per heavy atom. The summed E-state index contributed by atoms with van der Waals surface area (Å²) in [5.41, 5.74) is -0.380. The number of carboxylic acid groups (broad SMARTS) is 1. The van der Waals surface area contributed by atoms with E-state index in [1.807, 2.05) is 13.8 Å². The normalized spacial score (nSPS) is 12.6. The molecule has 1 heterocycles. The minimum atomic E-state index is -3.75. The van der Waals surface area contributed by atoms with Crippen LogP contribution >= 0.6 is 0 Å². The first-order valence-corrected chi connectivity index (χ1v) is 8.07. The molecule has 8 heteroatoms. The zero-order valence-corrected chi connectivity index (χ0v) is 13.3. The van der Waals surface area contributed by atoms with Crippen molar-refractivity contribution < 1.29 is 23.4 Å². The molecule has 0 atom stereocenters. The number of rotatable bonds is 8. The van der Waals surface area contributed by atoms with Crippen molar-refractivity contribution in [3.05, 3.63) is 18.0 Å². The summed E-state index contributed by atoms with van der Waals surface area (Å²) in [5, 5.41) is 17.8. The first kappa shape index (κ1) is 17.7. The minimum absolute atomic E-state index is 0.0663. The number of aryl methyl sites for hydroxylation is 1. The molecule has 0 aliphatic rings. The number of hydrogen-bond acceptors (Lipinski definition) is 4. The third-order valence-electron chi connectivity index (χ3n) is 3.26. The van der Waals surface area contributed by atoms with E-state index in [1.54, 1.807) is 0 Å². The summed E-state index contributed by atoms with van der Waals surface area (Å²) in [5.74, 6) is -1.18. The predicted molar refractivity (Wildman–Crippen MR) is 77.7 cm³/mol. The van der Waals surface area contributed by atoms with Crippen LogP contribution in [0.1, 0.15) is 37.2 Å². The van der Waals surface area contributed by atoms with Gasteiger partial charge in [0.25, 0.3) is 0 Å². The van der Waals surface area contributed by atoms with Crippen LogP contribution < -0.4 is 4.72 Å². The Kier molecular flexibility index (Phi) is 5.54. The summed E-state index contributed by atoms with van der Waals surface area (Å²) in [7, 11) is -2.27. The second kappa shape index (κ2) is 6.59. The van der Waals surface area contributed by atoms with Crippen LogP contribution in [0.2, 0.25) is 0 Å². The van der Waals surface area contributed by atoms with Crippen molar-refractivity contribution in [2.75, 3.05) is 13.2 Å². The monoisotopic (exact) mass is 318 g/mol. The molecular formula is C13H22N2O5S. The van der Waals surface area contributed by atoms with Gasteiger partial charge in [-0.15, -0.1) is 0 Å². The number of nitrogens with one attached hydrogen (secondary N) is 1. The average molecular weight is 318 g/mol. The third kappa shape index (κ3) is 4.83. The number of hydrogen-bond donors (Lipinski definition) is 3. The third-order valence-corrected chi connectivity index (χ3v) is 4.63. The molecule has 0 aliphatic carbocycles. The average Bonchev–Trinajstić information content (AvgIpc) is 2.77. The molecule has 0 radical (unpaired) electrons. The topological polar surface area (TPSA) is 109 Å². The van der Waals surface area contributed by atoms with Crippen molar-refractivity contribution in [3.63, 3.8) is 0 Å². The molecule has 0 aromatic carbocycles. The van der Waals surface area contributed by atoms with Gasteiger partial charge in [-0.2, -0.15) is 0 Å². The molecule has 0 unspecified atom stereocenters. The number of aromatic nitrogens is 1. The van der Waals surface area contributed by atoms with E-state index in [1.165, 1.54) is 17.8 Å². The van der Waals surface area contributed by atoms with Crippen molar-refractivity contribution >= 4 is 16.0 Å². The quantitative estimate of drug-likeness (QED) is 0.657. The number of aliphatic hydroxyl groups excluding tert-OH is 1. The van der Waals surface area contributed by atoms with Gasteiger partial charge in [0.2, 0.25) is 10.0 Å². The second-order valence-corrected chi connectivity index (χ2v) is 7.56. The molecule has 3 N–H and O–H groups in total. The molecule has 1 aromatic rings. The molecule has 0 fully saturated rings. The van der Waals surface area contributed by atoms with Crippen LogP contribution in [0.15, 0.2) is 17.2 Å². The van der Waals surface area contributed by atoms with Gasteiger partial charge in [-0.05, 0) is 24.3 Å². The first-order chi connectivity index (χ1) is 9.59. The van der Waals surface area contributed by atoms with Gasteiger partial charge in [0.15, 0.2) is 0 Å². The maximum Gasteiger partial charge on any atom is 0.352 e. The van der Waals surface area contributed by atoms with E-state index in [0.717, 1.165) is 6.07 Å². The Hall–Kier alpha value is -1.38. The van der Waals surface area contributed by atoms with Crippen LogP contribution in [0.3, 0.4) is 0 Å². The molecule has 0 amide bonds. The Morgan fingerprint density at radius 2 is 2.05 bits per heavy atom. The van der Waals surface area contributed by atoms with Crippen molar-refractivity contribution in [2.24, 2.45) is 12.5 Å². The standard InChI is InChI=1S/C13H22N2O5S/c1-13(2,5-4-6-16)9-14-21(19,20)10-7-11(12(17)18)15(3)8-10/h7-8,14,16H,4-6,9H2,1-3H3,(H,17,18). The number of sulfonamides is 1. The fraction of sp³-hybridized carbons (Fsp3) is 0.615. The van der Waals surface area contributed by atoms with E-state index in [9.17, 15) is 13.2 Å². The van der Waals surface area contributed by atoms with Gasteiger partial charge in [-0.1, -0.05) is 13.8 Å². The molecule has 0 bridgehead atoms. The van der Waals surface area contributed by atoms with Gasteiger partial charge in [0, 0.05) is 26.4 Å². The van der Waals surface area contributed by atoms with E-state index >= 15 is 0 Å². The maximum atomic E-state index is 12.2. The number of carbonyl (C=O) groups is 1. The van der Waals surface area contributed by atoms with Crippen LogP contribution in [0.5, 0.6) is 0 Å². The second-order valence-electron chi connectivity index (χ2n) is 5.79. The summed E-state index contributed by atoms with van der Waals surface area (Å²) in [6.45, 7) is 4.08. The van der Waals surface area contributed by atoms with E-state index < -0.39 is 16.0 Å². The van der Waals surface area contributed by atoms with E-state index in [-0.39, 0.29) is 29.2 Å². The smallest absolute Gasteiger partial charge is 0.352 e. The lowest BCUT2D eigenvalue weighted by Crippen LogP contribution is -2.34. The molecule has 0 saturated carbocycles. The Morgan fingerprint density at radius 3 is 2.52 bits per heavy atom. The van der Waals surface area contributed by atoms with E-state index in [2.05, 4.69) is 4.72 Å². The van der Waals surface area contributed by atoms with Gasteiger partial charge in [-0.25, -0.2) is 17.9 Å². The molecule has 0 saturated heterocycles. The molecule has 0 spiro atoms. The SMILES string of the molecule is Cn1cc(S(=O)(=O)NCC(C)(C)CCCO)cc1C(=O)O. The van der Waals surface area contributed by atoms with Crippen molar-refractivity contribution in [3.8, 4) is 0 Å². The summed E-state index contributed by atoms with van der Waals surface area (Å²) in [4.78, 5) is 10.9. The van der Waals surface area contributed by atoms with Crippen LogP contribution in [-0.4, -0.2) is 42.3 Å². The lowest BCUT2D eigenvalue weighted by Gasteiger charge is -2.24. The summed E-state index contributed by atoms with van der Waals surface area (Å²) < 4.78 is 28.1. The van der Waals surface area contributed by atoms with Gasteiger partial charge in [0.1, 0.15) is 10.6 Å². The highest BCUT2D eigenvalue weighted by molar-refractivity contribution is 7.89. The summed E-state index contributed by atoms with van der Waals surface area (Å²) in [6.07, 6.45) is 2.55. The predicted octanol–water partition coefficient (Wildman–Crippen LogP) is 0.800. The van der Waals surface area contributed by atoms with Gasteiger partial charge in [-0.3, -0.25) is 0 Å². The largest absolute Gasteiger partial charge is 0.477 e. The molecule has 0 aliphatic heterocycles. The number of nitrogens with zero attached hydrogens (tertiary/aromatic N) is 1. The number of aliphatic hydroxyl groups is 1. The lowest BCUT2D eigenvalue weighted by atomic mass is 9.88. The van der Waals surface area contributed by atoms with Crippen molar-refractivity contribution in [1.82, 2.24) is 9.29 Å². The lowest BCUT2D eigenvalue weighted by molar-refractivity contribution is 0.0686. The van der Waals surface area contributed by atoms with Crippen LogP contribution in [0, 0.1) is 5.41 Å². The highest BCUT2D eigenvalue weighted by Crippen LogP contribution is 2.22. The highest BCUT2D eigenvalue weighted by Gasteiger charge is 2.24. The Balaban J connectivity index is 2.83. The summed E-state index contributed by atoms with van der Waals surface area (Å²) in [6, 6.07) is 1.13. The molecule has 1 rings (SSSR count). The highest BCUT2D eigenvalue weighted by atomic mass is 32.2. The molecular weight excluding hydrogens is 296 g/mol. The van der Waals surface area contributed by atoms with Crippen molar-refractivity contribution in [2.45, 2.75) is 31.6 Å². The Bertz CT molecular complexity index is 604. The number of carboxylic acids is 1. The molecule has 21 heavy (non-hydrogen) atoms. The van der Waals surface area contributed by atoms with Gasteiger partial charge >= 0.3 is 5.97 Å². The maximum absolute atomic E-state index is 12.2. The Labute approximate surface area is 124 Å². The molecule has 1 aromatic heterocycles. The molecule has 7 nitrogen and oxygen atoms in total. The van der Waals surface area contributed by atoms with E-state index in [4.69, 9.17) is 10.2 Å². The zero-order valence-electron chi connectivity index (χ0n) is 12.5. The fourth-order valence-corrected chi connectivity index (χ4v) is 3.22. The van der Waals surface area contributed by atoms with Crippen LogP contribution in [-0.2, 0) is 17.1 Å². The van der Waals surface area contributed by atoms with Gasteiger partial charge < -0.3 is 14.8 Å². The zero-order chi connectivity index (χ0) is 16.3. The van der Waals surface area contributed by atoms with Crippen LogP contribution in [0.4, 0.5) is 0 Å². The summed E-state index contributed by atoms with van der Waals surface area (Å²) >= 11 is 0. The number of aromatic carboxylic acids is 1. The molecule has 120 valence electrons. The first-order valence-electron chi connectivity index (χ1n) is 6.59. The minimum Gasteiger partial charge on any atom is -0.477 e. The van der Waals surface area contributed by atoms with E-state index in [0.29, 0.717) is 12.8 Å². The van der Waals surface area contributed by atoms with Crippen LogP contribution in [0.25, 0.3) is 0 Å². The fourth-order valence-electron chi connectivity index (χ4n) is 1.91. The van der Waals surface area contributed by atoms with Crippen molar-refractivity contribution in [1.29, 1.82) is 0 Å².